The van der Waals surface area contributed by atoms with E-state index in [4.69, 9.17) is 10.5 Å². The van der Waals surface area contributed by atoms with Crippen LogP contribution in [0.25, 0.3) is 0 Å². The zero-order chi connectivity index (χ0) is 14.4. The second kappa shape index (κ2) is 7.58. The van der Waals surface area contributed by atoms with Gasteiger partial charge in [-0.25, -0.2) is 0 Å². The fourth-order valence-corrected chi connectivity index (χ4v) is 2.44. The van der Waals surface area contributed by atoms with E-state index in [2.05, 4.69) is 59.3 Å². The van der Waals surface area contributed by atoms with Crippen molar-refractivity contribution in [2.45, 2.75) is 26.1 Å². The smallest absolute Gasteiger partial charge is 0.0721 e. The zero-order valence-electron chi connectivity index (χ0n) is 11.7. The second-order valence-electron chi connectivity index (χ2n) is 5.00. The first-order valence-electron chi connectivity index (χ1n) is 6.80. The number of nitrogens with two attached hydrogens (primary N) is 1. The molecule has 2 aromatic carbocycles. The van der Waals surface area contributed by atoms with Crippen LogP contribution in [0.5, 0.6) is 0 Å². The van der Waals surface area contributed by atoms with Crippen molar-refractivity contribution in [1.29, 1.82) is 0 Å². The van der Waals surface area contributed by atoms with Crippen molar-refractivity contribution in [2.75, 3.05) is 6.54 Å². The molecule has 2 N–H and O–H groups in total. The molecule has 0 bridgehead atoms. The summed E-state index contributed by atoms with van der Waals surface area (Å²) in [6, 6.07) is 16.7. The highest BCUT2D eigenvalue weighted by atomic mass is 79.9. The Balaban J connectivity index is 1.85. The van der Waals surface area contributed by atoms with Crippen LogP contribution in [0, 0.1) is 0 Å². The normalized spacial score (nSPS) is 12.3. The maximum absolute atomic E-state index is 5.74. The Kier molecular flexibility index (Phi) is 5.77. The van der Waals surface area contributed by atoms with Crippen LogP contribution in [0.15, 0.2) is 53.0 Å². The summed E-state index contributed by atoms with van der Waals surface area (Å²) >= 11 is 3.46. The molecule has 2 aromatic rings. The van der Waals surface area contributed by atoms with Gasteiger partial charge in [-0.15, -0.1) is 0 Å². The van der Waals surface area contributed by atoms with E-state index in [1.54, 1.807) is 0 Å². The molecular formula is C17H20BrNO. The molecule has 2 nitrogen and oxygen atoms in total. The molecule has 0 aromatic heterocycles. The lowest BCUT2D eigenvalue weighted by molar-refractivity contribution is 0.107. The van der Waals surface area contributed by atoms with Gasteiger partial charge in [0.1, 0.15) is 0 Å². The molecule has 0 saturated heterocycles. The van der Waals surface area contributed by atoms with Crippen LogP contribution in [-0.2, 0) is 18.0 Å². The van der Waals surface area contributed by atoms with Crippen molar-refractivity contribution < 1.29 is 4.74 Å². The third kappa shape index (κ3) is 4.44. The summed E-state index contributed by atoms with van der Waals surface area (Å²) in [5.74, 6) is 0.409. The number of halogens is 1. The lowest BCUT2D eigenvalue weighted by Crippen LogP contribution is -2.08. The average Bonchev–Trinajstić information content (AvgIpc) is 2.47. The summed E-state index contributed by atoms with van der Waals surface area (Å²) in [7, 11) is 0. The van der Waals surface area contributed by atoms with Gasteiger partial charge in [-0.2, -0.15) is 0 Å². The highest BCUT2D eigenvalue weighted by Crippen LogP contribution is 2.16. The van der Waals surface area contributed by atoms with Gasteiger partial charge in [0.05, 0.1) is 13.2 Å². The first-order valence-corrected chi connectivity index (χ1v) is 7.59. The molecule has 0 fully saturated rings. The van der Waals surface area contributed by atoms with Crippen molar-refractivity contribution >= 4 is 15.9 Å². The number of hydrogen-bond donors (Lipinski definition) is 1. The van der Waals surface area contributed by atoms with Crippen molar-refractivity contribution in [3.05, 3.63) is 69.7 Å². The molecule has 0 spiro atoms. The molecule has 0 amide bonds. The number of benzene rings is 2. The minimum absolute atomic E-state index is 0.409. The van der Waals surface area contributed by atoms with Crippen molar-refractivity contribution in [2.24, 2.45) is 5.73 Å². The topological polar surface area (TPSA) is 35.2 Å². The van der Waals surface area contributed by atoms with E-state index in [1.165, 1.54) is 16.7 Å². The standard InChI is InChI=1S/C17H20BrNO/c1-13(10-19)16-7-5-14(6-8-16)11-20-12-15-3-2-4-17(18)9-15/h2-9,13H,10-12,19H2,1H3. The largest absolute Gasteiger partial charge is 0.372 e. The van der Waals surface area contributed by atoms with Gasteiger partial charge in [0, 0.05) is 4.47 Å². The van der Waals surface area contributed by atoms with Gasteiger partial charge in [-0.05, 0) is 41.3 Å². The van der Waals surface area contributed by atoms with E-state index in [9.17, 15) is 0 Å². The van der Waals surface area contributed by atoms with E-state index in [-0.39, 0.29) is 0 Å². The van der Waals surface area contributed by atoms with Crippen LogP contribution in [-0.4, -0.2) is 6.54 Å². The molecule has 0 saturated carbocycles. The van der Waals surface area contributed by atoms with E-state index >= 15 is 0 Å². The van der Waals surface area contributed by atoms with Crippen molar-refractivity contribution in [3.8, 4) is 0 Å². The minimum atomic E-state index is 0.409. The SMILES string of the molecule is CC(CN)c1ccc(COCc2cccc(Br)c2)cc1. The van der Waals surface area contributed by atoms with Crippen LogP contribution >= 0.6 is 15.9 Å². The van der Waals surface area contributed by atoms with Gasteiger partial charge in [0.25, 0.3) is 0 Å². The van der Waals surface area contributed by atoms with Gasteiger partial charge in [0.2, 0.25) is 0 Å². The molecule has 106 valence electrons. The predicted octanol–water partition coefficient (Wildman–Crippen LogP) is 4.23. The molecule has 20 heavy (non-hydrogen) atoms. The maximum Gasteiger partial charge on any atom is 0.0721 e. The summed E-state index contributed by atoms with van der Waals surface area (Å²) < 4.78 is 6.82. The quantitative estimate of drug-likeness (QED) is 0.858. The number of ether oxygens (including phenoxy) is 1. The summed E-state index contributed by atoms with van der Waals surface area (Å²) in [6.07, 6.45) is 0. The van der Waals surface area contributed by atoms with Crippen LogP contribution in [0.2, 0.25) is 0 Å². The summed E-state index contributed by atoms with van der Waals surface area (Å²) in [5, 5.41) is 0. The van der Waals surface area contributed by atoms with Crippen LogP contribution in [0.4, 0.5) is 0 Å². The Hall–Kier alpha value is -1.16. The van der Waals surface area contributed by atoms with E-state index in [0.717, 1.165) is 4.47 Å². The highest BCUT2D eigenvalue weighted by molar-refractivity contribution is 9.10. The molecule has 0 heterocycles. The molecule has 1 unspecified atom stereocenters. The van der Waals surface area contributed by atoms with Crippen molar-refractivity contribution in [1.82, 2.24) is 0 Å². The monoisotopic (exact) mass is 333 g/mol. The molecule has 1 atom stereocenters. The lowest BCUT2D eigenvalue weighted by Gasteiger charge is -2.10. The first kappa shape index (κ1) is 15.2. The second-order valence-corrected chi connectivity index (χ2v) is 5.92. The fourth-order valence-electron chi connectivity index (χ4n) is 1.99. The number of rotatable bonds is 6. The Morgan fingerprint density at radius 3 is 2.40 bits per heavy atom. The molecular weight excluding hydrogens is 314 g/mol. The lowest BCUT2D eigenvalue weighted by atomic mass is 10.0. The number of hydrogen-bond acceptors (Lipinski definition) is 2. The zero-order valence-corrected chi connectivity index (χ0v) is 13.3. The molecule has 3 heteroatoms. The van der Waals surface area contributed by atoms with E-state index in [0.29, 0.717) is 25.7 Å². The van der Waals surface area contributed by atoms with E-state index < -0.39 is 0 Å². The first-order chi connectivity index (χ1) is 9.69. The van der Waals surface area contributed by atoms with Crippen LogP contribution in [0.3, 0.4) is 0 Å². The Bertz CT molecular complexity index is 539. The van der Waals surface area contributed by atoms with Gasteiger partial charge in [-0.3, -0.25) is 0 Å². The molecule has 0 radical (unpaired) electrons. The molecule has 0 aliphatic heterocycles. The molecule has 2 rings (SSSR count). The van der Waals surface area contributed by atoms with Gasteiger partial charge in [0.15, 0.2) is 0 Å². The predicted molar refractivity (Wildman–Crippen MR) is 86.5 cm³/mol. The third-order valence-electron chi connectivity index (χ3n) is 3.33. The third-order valence-corrected chi connectivity index (χ3v) is 3.82. The minimum Gasteiger partial charge on any atom is -0.372 e. The Labute approximate surface area is 129 Å². The van der Waals surface area contributed by atoms with Gasteiger partial charge < -0.3 is 10.5 Å². The van der Waals surface area contributed by atoms with Crippen LogP contribution in [0.1, 0.15) is 29.5 Å². The summed E-state index contributed by atoms with van der Waals surface area (Å²) in [5.41, 5.74) is 9.31. The summed E-state index contributed by atoms with van der Waals surface area (Å²) in [4.78, 5) is 0. The average molecular weight is 334 g/mol. The van der Waals surface area contributed by atoms with E-state index in [1.807, 2.05) is 12.1 Å². The van der Waals surface area contributed by atoms with Gasteiger partial charge in [-0.1, -0.05) is 59.3 Å². The van der Waals surface area contributed by atoms with Gasteiger partial charge >= 0.3 is 0 Å². The van der Waals surface area contributed by atoms with Crippen molar-refractivity contribution in [3.63, 3.8) is 0 Å². The molecule has 0 aliphatic carbocycles. The fraction of sp³-hybridized carbons (Fsp3) is 0.294. The summed E-state index contributed by atoms with van der Waals surface area (Å²) in [6.45, 7) is 4.07. The molecule has 0 aliphatic rings. The van der Waals surface area contributed by atoms with Crippen LogP contribution < -0.4 is 5.73 Å². The maximum atomic E-state index is 5.74. The highest BCUT2D eigenvalue weighted by Gasteiger charge is 2.02. The Morgan fingerprint density at radius 1 is 1.05 bits per heavy atom. The Morgan fingerprint density at radius 2 is 1.75 bits per heavy atom.